The molecule has 1 aliphatic heterocycles. The van der Waals surface area contributed by atoms with Crippen LogP contribution in [0.3, 0.4) is 0 Å². The predicted molar refractivity (Wildman–Crippen MR) is 108 cm³/mol. The molecular formula is C21H27ClN2O4. The number of carboxylic acids is 1. The summed E-state index contributed by atoms with van der Waals surface area (Å²) in [5, 5.41) is 13.0. The molecule has 152 valence electrons. The van der Waals surface area contributed by atoms with Crippen LogP contribution in [0, 0.1) is 5.92 Å². The number of carbonyl (C=O) groups is 3. The Kier molecular flexibility index (Phi) is 7.63. The van der Waals surface area contributed by atoms with E-state index in [4.69, 9.17) is 11.6 Å². The maximum absolute atomic E-state index is 12.6. The largest absolute Gasteiger partial charge is 0.480 e. The van der Waals surface area contributed by atoms with Crippen LogP contribution < -0.4 is 5.32 Å². The molecule has 6 nitrogen and oxygen atoms in total. The van der Waals surface area contributed by atoms with E-state index in [-0.39, 0.29) is 6.04 Å². The second-order valence-corrected chi connectivity index (χ2v) is 7.59. The highest BCUT2D eigenvalue weighted by Gasteiger charge is 2.55. The molecule has 1 unspecified atom stereocenters. The Balaban J connectivity index is 2.10. The molecule has 1 saturated heterocycles. The second kappa shape index (κ2) is 9.73. The lowest BCUT2D eigenvalue weighted by atomic mass is 9.79. The molecule has 2 atom stereocenters. The molecule has 0 aliphatic carbocycles. The third-order valence-corrected chi connectivity index (χ3v) is 5.17. The van der Waals surface area contributed by atoms with Crippen molar-refractivity contribution in [1.82, 2.24) is 10.2 Å². The van der Waals surface area contributed by atoms with Gasteiger partial charge in [-0.25, -0.2) is 14.5 Å². The van der Waals surface area contributed by atoms with Crippen molar-refractivity contribution in [2.45, 2.75) is 58.0 Å². The number of nitrogens with one attached hydrogen (secondary N) is 1. The Morgan fingerprint density at radius 2 is 1.93 bits per heavy atom. The van der Waals surface area contributed by atoms with Crippen LogP contribution >= 0.6 is 11.6 Å². The van der Waals surface area contributed by atoms with Gasteiger partial charge >= 0.3 is 12.0 Å². The summed E-state index contributed by atoms with van der Waals surface area (Å²) < 4.78 is 0. The van der Waals surface area contributed by atoms with Gasteiger partial charge in [-0.15, -0.1) is 0 Å². The van der Waals surface area contributed by atoms with Crippen LogP contribution in [0.4, 0.5) is 4.79 Å². The molecule has 7 heteroatoms. The first kappa shape index (κ1) is 22.0. The summed E-state index contributed by atoms with van der Waals surface area (Å²) in [7, 11) is 0. The minimum absolute atomic E-state index is 0.0709. The predicted octanol–water partition coefficient (Wildman–Crippen LogP) is 4.03. The summed E-state index contributed by atoms with van der Waals surface area (Å²) >= 11 is 5.98. The molecule has 0 bridgehead atoms. The number of rotatable bonds is 9. The molecule has 1 aromatic rings. The van der Waals surface area contributed by atoms with Gasteiger partial charge in [-0.2, -0.15) is 0 Å². The third kappa shape index (κ3) is 4.93. The lowest BCUT2D eigenvalue weighted by Crippen LogP contribution is -2.69. The van der Waals surface area contributed by atoms with E-state index >= 15 is 0 Å². The lowest BCUT2D eigenvalue weighted by molar-refractivity contribution is -0.163. The first-order valence-electron chi connectivity index (χ1n) is 9.58. The van der Waals surface area contributed by atoms with Crippen LogP contribution in [-0.4, -0.2) is 40.0 Å². The Morgan fingerprint density at radius 3 is 2.46 bits per heavy atom. The molecule has 1 aromatic carbocycles. The molecular weight excluding hydrogens is 380 g/mol. The van der Waals surface area contributed by atoms with E-state index in [1.807, 2.05) is 19.9 Å². The summed E-state index contributed by atoms with van der Waals surface area (Å²) in [6.07, 6.45) is 3.67. The van der Waals surface area contributed by atoms with Gasteiger partial charge in [-0.3, -0.25) is 4.79 Å². The first-order valence-corrected chi connectivity index (χ1v) is 9.96. The Hall–Kier alpha value is -2.34. The molecule has 2 N–H and O–H groups in total. The number of β-lactam (4-membered cyclic amide) rings is 1. The van der Waals surface area contributed by atoms with E-state index in [2.05, 4.69) is 11.9 Å². The SMILES string of the molecule is C=C(Cc1cccc(Cl)c1)[C@H]1C(=O)N(C(=O)NC(CCC)CCC)C1C(=O)O. The van der Waals surface area contributed by atoms with E-state index in [1.54, 1.807) is 18.2 Å². The Bertz CT molecular complexity index is 759. The molecule has 0 saturated carbocycles. The van der Waals surface area contributed by atoms with Gasteiger partial charge in [-0.05, 0) is 37.0 Å². The highest BCUT2D eigenvalue weighted by molar-refractivity contribution is 6.30. The van der Waals surface area contributed by atoms with Gasteiger partial charge in [-0.1, -0.05) is 62.6 Å². The molecule has 0 aromatic heterocycles. The molecule has 1 aliphatic rings. The van der Waals surface area contributed by atoms with E-state index in [1.165, 1.54) is 0 Å². The Morgan fingerprint density at radius 1 is 1.29 bits per heavy atom. The summed E-state index contributed by atoms with van der Waals surface area (Å²) in [5.41, 5.74) is 1.30. The number of halogens is 1. The zero-order valence-corrected chi connectivity index (χ0v) is 17.0. The molecule has 0 spiro atoms. The standard InChI is InChI=1S/C21H27ClN2O4/c1-4-7-16(8-5-2)23-21(28)24-18(20(26)27)17(19(24)25)13(3)11-14-9-6-10-15(22)12-14/h6,9-10,12,16-18H,3-5,7-8,11H2,1-2H3,(H,23,28)(H,26,27)/t17-,18?/m1/s1. The van der Waals surface area contributed by atoms with Gasteiger partial charge in [0, 0.05) is 11.1 Å². The monoisotopic (exact) mass is 406 g/mol. The quantitative estimate of drug-likeness (QED) is 0.478. The van der Waals surface area contributed by atoms with E-state index in [0.29, 0.717) is 17.0 Å². The van der Waals surface area contributed by atoms with Gasteiger partial charge < -0.3 is 10.4 Å². The van der Waals surface area contributed by atoms with Crippen molar-refractivity contribution in [3.63, 3.8) is 0 Å². The van der Waals surface area contributed by atoms with Crippen molar-refractivity contribution in [2.24, 2.45) is 5.92 Å². The second-order valence-electron chi connectivity index (χ2n) is 7.16. The number of carboxylic acid groups (broad SMARTS) is 1. The van der Waals surface area contributed by atoms with Gasteiger partial charge in [0.15, 0.2) is 6.04 Å². The normalized spacial score (nSPS) is 18.7. The van der Waals surface area contributed by atoms with Crippen LogP contribution in [0.25, 0.3) is 0 Å². The number of likely N-dealkylation sites (tertiary alicyclic amines) is 1. The van der Waals surface area contributed by atoms with Crippen LogP contribution in [-0.2, 0) is 16.0 Å². The summed E-state index contributed by atoms with van der Waals surface area (Å²) in [6.45, 7) is 7.94. The number of benzene rings is 1. The fourth-order valence-corrected chi connectivity index (χ4v) is 3.83. The first-order chi connectivity index (χ1) is 13.3. The van der Waals surface area contributed by atoms with Gasteiger partial charge in [0.05, 0.1) is 5.92 Å². The number of nitrogens with zero attached hydrogens (tertiary/aromatic N) is 1. The topological polar surface area (TPSA) is 86.7 Å². The molecule has 3 amide bonds. The number of amides is 3. The zero-order valence-electron chi connectivity index (χ0n) is 16.3. The number of urea groups is 1. The van der Waals surface area contributed by atoms with E-state index < -0.39 is 29.9 Å². The van der Waals surface area contributed by atoms with E-state index in [0.717, 1.165) is 36.1 Å². The minimum Gasteiger partial charge on any atom is -0.480 e. The van der Waals surface area contributed by atoms with Crippen molar-refractivity contribution in [1.29, 1.82) is 0 Å². The van der Waals surface area contributed by atoms with Gasteiger partial charge in [0.2, 0.25) is 5.91 Å². The summed E-state index contributed by atoms with van der Waals surface area (Å²) in [4.78, 5) is 37.8. The lowest BCUT2D eigenvalue weighted by Gasteiger charge is -2.44. The fraction of sp³-hybridized carbons (Fsp3) is 0.476. The fourth-order valence-electron chi connectivity index (χ4n) is 3.62. The average molecular weight is 407 g/mol. The highest BCUT2D eigenvalue weighted by atomic mass is 35.5. The zero-order chi connectivity index (χ0) is 20.8. The molecule has 0 radical (unpaired) electrons. The molecule has 2 rings (SSSR count). The maximum atomic E-state index is 12.6. The molecule has 1 heterocycles. The average Bonchev–Trinajstić information content (AvgIpc) is 2.59. The number of hydrogen-bond donors (Lipinski definition) is 2. The molecule has 28 heavy (non-hydrogen) atoms. The van der Waals surface area contributed by atoms with Gasteiger partial charge in [0.25, 0.3) is 0 Å². The summed E-state index contributed by atoms with van der Waals surface area (Å²) in [5.74, 6) is -2.66. The smallest absolute Gasteiger partial charge is 0.328 e. The number of imide groups is 1. The van der Waals surface area contributed by atoms with Crippen LogP contribution in [0.2, 0.25) is 5.02 Å². The summed E-state index contributed by atoms with van der Waals surface area (Å²) in [6, 6.07) is 5.15. The van der Waals surface area contributed by atoms with Gasteiger partial charge in [0.1, 0.15) is 0 Å². The minimum atomic E-state index is -1.23. The van der Waals surface area contributed by atoms with E-state index in [9.17, 15) is 19.5 Å². The van der Waals surface area contributed by atoms with Crippen molar-refractivity contribution < 1.29 is 19.5 Å². The van der Waals surface area contributed by atoms with Crippen molar-refractivity contribution in [3.8, 4) is 0 Å². The maximum Gasteiger partial charge on any atom is 0.328 e. The van der Waals surface area contributed by atoms with Crippen LogP contribution in [0.5, 0.6) is 0 Å². The third-order valence-electron chi connectivity index (χ3n) is 4.93. The van der Waals surface area contributed by atoms with Crippen LogP contribution in [0.1, 0.15) is 45.1 Å². The number of aliphatic carboxylic acids is 1. The van der Waals surface area contributed by atoms with Crippen molar-refractivity contribution in [3.05, 3.63) is 47.0 Å². The van der Waals surface area contributed by atoms with Crippen LogP contribution in [0.15, 0.2) is 36.4 Å². The van der Waals surface area contributed by atoms with Crippen molar-refractivity contribution >= 4 is 29.5 Å². The molecule has 1 fully saturated rings. The van der Waals surface area contributed by atoms with Crippen molar-refractivity contribution in [2.75, 3.05) is 0 Å². The Labute approximate surface area is 170 Å². The number of carbonyl (C=O) groups excluding carboxylic acids is 2. The highest BCUT2D eigenvalue weighted by Crippen LogP contribution is 2.34. The number of hydrogen-bond acceptors (Lipinski definition) is 3.